The lowest BCUT2D eigenvalue weighted by molar-refractivity contribution is -0.151. The van der Waals surface area contributed by atoms with Gasteiger partial charge in [-0.25, -0.2) is 0 Å². The number of amides is 2. The molecule has 1 aliphatic carbocycles. The van der Waals surface area contributed by atoms with Crippen molar-refractivity contribution in [3.63, 3.8) is 0 Å². The van der Waals surface area contributed by atoms with Gasteiger partial charge in [0, 0.05) is 25.4 Å². The number of nitrogens with zero attached hydrogens (tertiary/aromatic N) is 1. The SMILES string of the molecule is O=C(CC(c1ccccc1)c1ccccc1)N1CCNC(=O)C12CCCC2. The summed E-state index contributed by atoms with van der Waals surface area (Å²) in [6, 6.07) is 20.4. The van der Waals surface area contributed by atoms with Crippen molar-refractivity contribution in [3.05, 3.63) is 71.8 Å². The predicted molar refractivity (Wildman–Crippen MR) is 105 cm³/mol. The summed E-state index contributed by atoms with van der Waals surface area (Å²) in [6.45, 7) is 1.16. The molecule has 1 spiro atoms. The van der Waals surface area contributed by atoms with E-state index in [1.54, 1.807) is 0 Å². The van der Waals surface area contributed by atoms with E-state index in [1.165, 1.54) is 0 Å². The molecule has 27 heavy (non-hydrogen) atoms. The molecule has 4 heteroatoms. The van der Waals surface area contributed by atoms with Crippen molar-refractivity contribution in [1.29, 1.82) is 0 Å². The lowest BCUT2D eigenvalue weighted by atomic mass is 9.86. The summed E-state index contributed by atoms with van der Waals surface area (Å²) in [4.78, 5) is 27.9. The molecule has 2 amide bonds. The fraction of sp³-hybridized carbons (Fsp3) is 0.391. The highest BCUT2D eigenvalue weighted by molar-refractivity contribution is 5.93. The summed E-state index contributed by atoms with van der Waals surface area (Å²) in [5.74, 6) is 0.128. The van der Waals surface area contributed by atoms with Crippen LogP contribution < -0.4 is 5.32 Å². The van der Waals surface area contributed by atoms with Crippen LogP contribution >= 0.6 is 0 Å². The Morgan fingerprint density at radius 2 is 1.52 bits per heavy atom. The first-order valence-corrected chi connectivity index (χ1v) is 9.89. The van der Waals surface area contributed by atoms with E-state index in [-0.39, 0.29) is 17.7 Å². The van der Waals surface area contributed by atoms with E-state index < -0.39 is 5.54 Å². The fourth-order valence-corrected chi connectivity index (χ4v) is 4.69. The Bertz CT molecular complexity index is 758. The van der Waals surface area contributed by atoms with Gasteiger partial charge in [0.25, 0.3) is 0 Å². The maximum absolute atomic E-state index is 13.4. The molecule has 0 aromatic heterocycles. The zero-order valence-corrected chi connectivity index (χ0v) is 15.6. The molecule has 0 atom stereocenters. The van der Waals surface area contributed by atoms with Crippen LogP contribution in [0.25, 0.3) is 0 Å². The highest BCUT2D eigenvalue weighted by atomic mass is 16.2. The molecule has 1 aliphatic heterocycles. The van der Waals surface area contributed by atoms with Gasteiger partial charge in [-0.3, -0.25) is 9.59 Å². The van der Waals surface area contributed by atoms with Gasteiger partial charge in [-0.15, -0.1) is 0 Å². The molecular formula is C23H26N2O2. The normalized spacial score (nSPS) is 18.7. The Labute approximate surface area is 160 Å². The Kier molecular flexibility index (Phi) is 4.97. The summed E-state index contributed by atoms with van der Waals surface area (Å²) in [5, 5.41) is 2.98. The first kappa shape index (κ1) is 17.8. The Morgan fingerprint density at radius 1 is 0.963 bits per heavy atom. The van der Waals surface area contributed by atoms with Crippen LogP contribution in [0.2, 0.25) is 0 Å². The van der Waals surface area contributed by atoms with Gasteiger partial charge in [0.15, 0.2) is 0 Å². The second-order valence-electron chi connectivity index (χ2n) is 7.62. The average molecular weight is 362 g/mol. The van der Waals surface area contributed by atoms with E-state index in [4.69, 9.17) is 0 Å². The topological polar surface area (TPSA) is 49.4 Å². The summed E-state index contributed by atoms with van der Waals surface area (Å²) in [6.07, 6.45) is 3.98. The first-order chi connectivity index (χ1) is 13.2. The second-order valence-corrected chi connectivity index (χ2v) is 7.62. The summed E-state index contributed by atoms with van der Waals surface area (Å²) >= 11 is 0. The largest absolute Gasteiger partial charge is 0.352 e. The van der Waals surface area contributed by atoms with Crippen LogP contribution in [-0.4, -0.2) is 35.3 Å². The predicted octanol–water partition coefficient (Wildman–Crippen LogP) is 3.48. The number of piperazine rings is 1. The minimum atomic E-state index is -0.618. The van der Waals surface area contributed by atoms with Crippen molar-refractivity contribution < 1.29 is 9.59 Å². The summed E-state index contributed by atoms with van der Waals surface area (Å²) in [7, 11) is 0. The van der Waals surface area contributed by atoms with E-state index in [0.717, 1.165) is 36.8 Å². The van der Waals surface area contributed by atoms with Crippen molar-refractivity contribution in [2.45, 2.75) is 43.6 Å². The highest BCUT2D eigenvalue weighted by Crippen LogP contribution is 2.38. The molecule has 4 rings (SSSR count). The van der Waals surface area contributed by atoms with Crippen LogP contribution in [0.3, 0.4) is 0 Å². The van der Waals surface area contributed by atoms with Crippen LogP contribution in [0.5, 0.6) is 0 Å². The van der Waals surface area contributed by atoms with Crippen molar-refractivity contribution in [1.82, 2.24) is 10.2 Å². The molecule has 4 nitrogen and oxygen atoms in total. The lowest BCUT2D eigenvalue weighted by Crippen LogP contribution is -2.65. The molecule has 140 valence electrons. The number of hydrogen-bond acceptors (Lipinski definition) is 2. The van der Waals surface area contributed by atoms with Crippen LogP contribution in [0, 0.1) is 0 Å². The van der Waals surface area contributed by atoms with Crippen LogP contribution in [0.15, 0.2) is 60.7 Å². The van der Waals surface area contributed by atoms with Gasteiger partial charge in [-0.2, -0.15) is 0 Å². The molecule has 2 aromatic rings. The van der Waals surface area contributed by atoms with Crippen LogP contribution in [-0.2, 0) is 9.59 Å². The first-order valence-electron chi connectivity index (χ1n) is 9.89. The molecule has 2 aliphatic rings. The number of nitrogens with one attached hydrogen (secondary N) is 1. The molecule has 1 saturated carbocycles. The zero-order chi connectivity index (χ0) is 18.7. The van der Waals surface area contributed by atoms with Crippen molar-refractivity contribution >= 4 is 11.8 Å². The van der Waals surface area contributed by atoms with E-state index in [1.807, 2.05) is 41.3 Å². The van der Waals surface area contributed by atoms with Gasteiger partial charge in [0.2, 0.25) is 11.8 Å². The third-order valence-corrected chi connectivity index (χ3v) is 6.07. The third kappa shape index (κ3) is 3.36. The van der Waals surface area contributed by atoms with Crippen LogP contribution in [0.4, 0.5) is 0 Å². The molecule has 1 heterocycles. The molecular weight excluding hydrogens is 336 g/mol. The average Bonchev–Trinajstić information content (AvgIpc) is 3.20. The van der Waals surface area contributed by atoms with E-state index >= 15 is 0 Å². The smallest absolute Gasteiger partial charge is 0.246 e. The number of carbonyl (C=O) groups is 2. The Morgan fingerprint density at radius 3 is 2.07 bits per heavy atom. The second kappa shape index (κ2) is 7.55. The van der Waals surface area contributed by atoms with E-state index in [0.29, 0.717) is 19.5 Å². The molecule has 1 saturated heterocycles. The van der Waals surface area contributed by atoms with Gasteiger partial charge >= 0.3 is 0 Å². The number of benzene rings is 2. The molecule has 0 bridgehead atoms. The van der Waals surface area contributed by atoms with Gasteiger partial charge in [0.05, 0.1) is 0 Å². The van der Waals surface area contributed by atoms with Crippen molar-refractivity contribution in [2.24, 2.45) is 0 Å². The lowest BCUT2D eigenvalue weighted by Gasteiger charge is -2.44. The van der Waals surface area contributed by atoms with E-state index in [2.05, 4.69) is 29.6 Å². The number of carbonyl (C=O) groups excluding carboxylic acids is 2. The Hall–Kier alpha value is -2.62. The third-order valence-electron chi connectivity index (χ3n) is 6.07. The minimum absolute atomic E-state index is 0.00309. The van der Waals surface area contributed by atoms with Crippen LogP contribution in [0.1, 0.15) is 49.1 Å². The molecule has 0 radical (unpaired) electrons. The number of rotatable bonds is 4. The van der Waals surface area contributed by atoms with Crippen molar-refractivity contribution in [2.75, 3.05) is 13.1 Å². The maximum Gasteiger partial charge on any atom is 0.246 e. The standard InChI is InChI=1S/C23H26N2O2/c26-21(25-16-15-24-22(27)23(25)13-7-8-14-23)17-20(18-9-3-1-4-10-18)19-11-5-2-6-12-19/h1-6,9-12,20H,7-8,13-17H2,(H,24,27). The maximum atomic E-state index is 13.4. The molecule has 2 fully saturated rings. The minimum Gasteiger partial charge on any atom is -0.352 e. The summed E-state index contributed by atoms with van der Waals surface area (Å²) in [5.41, 5.74) is 1.66. The molecule has 1 N–H and O–H groups in total. The quantitative estimate of drug-likeness (QED) is 0.905. The van der Waals surface area contributed by atoms with Gasteiger partial charge in [-0.1, -0.05) is 73.5 Å². The molecule has 2 aromatic carbocycles. The van der Waals surface area contributed by atoms with Gasteiger partial charge < -0.3 is 10.2 Å². The monoisotopic (exact) mass is 362 g/mol. The van der Waals surface area contributed by atoms with Crippen molar-refractivity contribution in [3.8, 4) is 0 Å². The van der Waals surface area contributed by atoms with Gasteiger partial charge in [0.1, 0.15) is 5.54 Å². The number of hydrogen-bond donors (Lipinski definition) is 1. The highest BCUT2D eigenvalue weighted by Gasteiger charge is 2.50. The fourth-order valence-electron chi connectivity index (χ4n) is 4.69. The molecule has 0 unspecified atom stereocenters. The Balaban J connectivity index is 1.63. The summed E-state index contributed by atoms with van der Waals surface area (Å²) < 4.78 is 0. The van der Waals surface area contributed by atoms with Gasteiger partial charge in [-0.05, 0) is 24.0 Å². The zero-order valence-electron chi connectivity index (χ0n) is 15.6. The van der Waals surface area contributed by atoms with E-state index in [9.17, 15) is 9.59 Å².